The normalized spacial score (nSPS) is 11.0. The van der Waals surface area contributed by atoms with Crippen molar-refractivity contribution in [2.75, 3.05) is 26.4 Å². The topological polar surface area (TPSA) is 124 Å². The van der Waals surface area contributed by atoms with Gasteiger partial charge < -0.3 is 29.9 Å². The van der Waals surface area contributed by atoms with Crippen LogP contribution in [0.25, 0.3) is 22.8 Å². The molecular weight excluding hydrogens is 398 g/mol. The van der Waals surface area contributed by atoms with E-state index in [0.717, 1.165) is 11.1 Å². The Kier molecular flexibility index (Phi) is 7.26. The molecule has 1 heterocycles. The van der Waals surface area contributed by atoms with Crippen LogP contribution in [0.3, 0.4) is 0 Å². The Hall–Kier alpha value is -3.38. The summed E-state index contributed by atoms with van der Waals surface area (Å²) in [6.07, 6.45) is 0. The van der Waals surface area contributed by atoms with Crippen molar-refractivity contribution in [3.63, 3.8) is 0 Å². The van der Waals surface area contributed by atoms with Crippen molar-refractivity contribution in [3.05, 3.63) is 48.0 Å². The molecule has 0 aliphatic rings. The van der Waals surface area contributed by atoms with E-state index in [-0.39, 0.29) is 0 Å². The molecular formula is C23H25N3O5. The number of benzene rings is 2. The fourth-order valence-electron chi connectivity index (χ4n) is 2.67. The lowest BCUT2D eigenvalue weighted by atomic mass is 10.0. The van der Waals surface area contributed by atoms with Crippen LogP contribution in [0, 0.1) is 11.8 Å². The fourth-order valence-corrected chi connectivity index (χ4v) is 2.67. The third kappa shape index (κ3) is 5.41. The van der Waals surface area contributed by atoms with E-state index >= 15 is 0 Å². The molecule has 0 aliphatic heterocycles. The Morgan fingerprint density at radius 2 is 1.61 bits per heavy atom. The van der Waals surface area contributed by atoms with Crippen molar-refractivity contribution in [3.8, 4) is 46.2 Å². The zero-order chi connectivity index (χ0) is 22.3. The molecule has 1 aromatic heterocycles. The van der Waals surface area contributed by atoms with Gasteiger partial charge in [-0.25, -0.2) is 0 Å². The number of aliphatic hydroxyl groups excluding tert-OH is 2. The van der Waals surface area contributed by atoms with E-state index in [4.69, 9.17) is 19.7 Å². The van der Waals surface area contributed by atoms with Gasteiger partial charge in [-0.3, -0.25) is 0 Å². The Labute approximate surface area is 180 Å². The first-order valence-corrected chi connectivity index (χ1v) is 9.89. The van der Waals surface area contributed by atoms with Gasteiger partial charge in [-0.1, -0.05) is 17.0 Å². The predicted molar refractivity (Wildman–Crippen MR) is 115 cm³/mol. The molecule has 0 saturated heterocycles. The molecule has 8 nitrogen and oxygen atoms in total. The van der Waals surface area contributed by atoms with Gasteiger partial charge in [0.2, 0.25) is 5.82 Å². The molecule has 0 bridgehead atoms. The number of hydrogen-bond donors (Lipinski definition) is 3. The zero-order valence-electron chi connectivity index (χ0n) is 17.5. The molecule has 0 fully saturated rings. The summed E-state index contributed by atoms with van der Waals surface area (Å²) in [5, 5.41) is 22.5. The van der Waals surface area contributed by atoms with Gasteiger partial charge in [0.1, 0.15) is 5.54 Å². The van der Waals surface area contributed by atoms with Crippen LogP contribution in [-0.2, 0) is 0 Å². The van der Waals surface area contributed by atoms with Crippen LogP contribution in [0.15, 0.2) is 47.0 Å². The lowest BCUT2D eigenvalue weighted by Gasteiger charge is -2.16. The highest BCUT2D eigenvalue weighted by molar-refractivity contribution is 5.63. The third-order valence-corrected chi connectivity index (χ3v) is 4.38. The van der Waals surface area contributed by atoms with Gasteiger partial charge in [0.25, 0.3) is 5.89 Å². The van der Waals surface area contributed by atoms with Crippen molar-refractivity contribution >= 4 is 0 Å². The minimum atomic E-state index is -1.33. The average Bonchev–Trinajstić information content (AvgIpc) is 3.29. The molecule has 3 aromatic rings. The highest BCUT2D eigenvalue weighted by atomic mass is 16.5. The Morgan fingerprint density at radius 3 is 2.26 bits per heavy atom. The van der Waals surface area contributed by atoms with Gasteiger partial charge in [-0.2, -0.15) is 4.98 Å². The minimum absolute atomic E-state index is 0.363. The van der Waals surface area contributed by atoms with E-state index < -0.39 is 18.8 Å². The van der Waals surface area contributed by atoms with Crippen molar-refractivity contribution in [2.24, 2.45) is 5.73 Å². The molecule has 0 amide bonds. The number of rotatable bonds is 8. The van der Waals surface area contributed by atoms with Crippen LogP contribution in [0.4, 0.5) is 0 Å². The summed E-state index contributed by atoms with van der Waals surface area (Å²) in [4.78, 5) is 4.47. The Balaban J connectivity index is 1.81. The first kappa shape index (κ1) is 22.3. The second-order valence-electron chi connectivity index (χ2n) is 6.75. The average molecular weight is 423 g/mol. The molecule has 0 unspecified atom stereocenters. The second kappa shape index (κ2) is 10.1. The van der Waals surface area contributed by atoms with Crippen molar-refractivity contribution in [1.29, 1.82) is 0 Å². The standard InChI is InChI=1S/C23H25N3O5/c1-3-29-19-10-9-18(13-20(19)30-4-2)22-25-21(26-31-22)17-7-5-16(6-8-17)11-12-23(24,14-27)15-28/h5-10,13,27-28H,3-4,14-15,24H2,1-2H3. The lowest BCUT2D eigenvalue weighted by Crippen LogP contribution is -2.45. The van der Waals surface area contributed by atoms with Crippen molar-refractivity contribution < 1.29 is 24.2 Å². The van der Waals surface area contributed by atoms with E-state index in [9.17, 15) is 10.2 Å². The van der Waals surface area contributed by atoms with Gasteiger partial charge >= 0.3 is 0 Å². The number of aliphatic hydroxyl groups is 2. The molecule has 0 radical (unpaired) electrons. The predicted octanol–water partition coefficient (Wildman–Crippen LogP) is 2.23. The van der Waals surface area contributed by atoms with Gasteiger partial charge in [0.05, 0.1) is 26.4 Å². The zero-order valence-corrected chi connectivity index (χ0v) is 17.5. The Bertz CT molecular complexity index is 1060. The van der Waals surface area contributed by atoms with Crippen LogP contribution >= 0.6 is 0 Å². The number of nitrogens with zero attached hydrogens (tertiary/aromatic N) is 2. The monoisotopic (exact) mass is 423 g/mol. The van der Waals surface area contributed by atoms with Gasteiger partial charge in [-0.15, -0.1) is 0 Å². The SMILES string of the molecule is CCOc1ccc(-c2nc(-c3ccc(C#CC(N)(CO)CO)cc3)no2)cc1OCC. The molecule has 0 saturated carbocycles. The van der Waals surface area contributed by atoms with Gasteiger partial charge in [0.15, 0.2) is 11.5 Å². The molecule has 162 valence electrons. The van der Waals surface area contributed by atoms with E-state index in [0.29, 0.717) is 42.0 Å². The van der Waals surface area contributed by atoms with Crippen molar-refractivity contribution in [1.82, 2.24) is 10.1 Å². The summed E-state index contributed by atoms with van der Waals surface area (Å²) in [7, 11) is 0. The smallest absolute Gasteiger partial charge is 0.258 e. The van der Waals surface area contributed by atoms with Crippen LogP contribution in [0.5, 0.6) is 11.5 Å². The third-order valence-electron chi connectivity index (χ3n) is 4.38. The molecule has 8 heteroatoms. The van der Waals surface area contributed by atoms with Crippen molar-refractivity contribution in [2.45, 2.75) is 19.4 Å². The lowest BCUT2D eigenvalue weighted by molar-refractivity contribution is 0.158. The number of hydrogen-bond acceptors (Lipinski definition) is 8. The molecule has 0 spiro atoms. The first-order chi connectivity index (χ1) is 15.0. The number of nitrogens with two attached hydrogens (primary N) is 1. The summed E-state index contributed by atoms with van der Waals surface area (Å²) in [5.41, 5.74) is 6.57. The largest absolute Gasteiger partial charge is 0.490 e. The van der Waals surface area contributed by atoms with Crippen LogP contribution < -0.4 is 15.2 Å². The van der Waals surface area contributed by atoms with E-state index in [1.807, 2.05) is 32.0 Å². The first-order valence-electron chi connectivity index (χ1n) is 9.89. The summed E-state index contributed by atoms with van der Waals surface area (Å²) in [6.45, 7) is 4.00. The number of aromatic nitrogens is 2. The van der Waals surface area contributed by atoms with Crippen LogP contribution in [0.1, 0.15) is 19.4 Å². The summed E-state index contributed by atoms with van der Waals surface area (Å²) in [6, 6.07) is 12.6. The van der Waals surface area contributed by atoms with Gasteiger partial charge in [0, 0.05) is 16.7 Å². The quantitative estimate of drug-likeness (QED) is 0.471. The van der Waals surface area contributed by atoms with Crippen LogP contribution in [-0.4, -0.2) is 52.3 Å². The fraction of sp³-hybridized carbons (Fsp3) is 0.304. The molecule has 4 N–H and O–H groups in total. The van der Waals surface area contributed by atoms with E-state index in [2.05, 4.69) is 22.0 Å². The molecule has 3 rings (SSSR count). The summed E-state index contributed by atoms with van der Waals surface area (Å²) >= 11 is 0. The molecule has 0 atom stereocenters. The number of ether oxygens (including phenoxy) is 2. The summed E-state index contributed by atoms with van der Waals surface area (Å²) < 4.78 is 16.7. The Morgan fingerprint density at radius 1 is 0.968 bits per heavy atom. The highest BCUT2D eigenvalue weighted by Gasteiger charge is 2.19. The van der Waals surface area contributed by atoms with E-state index in [1.54, 1.807) is 24.3 Å². The van der Waals surface area contributed by atoms with Gasteiger partial charge in [-0.05, 0) is 56.3 Å². The maximum absolute atomic E-state index is 9.21. The van der Waals surface area contributed by atoms with E-state index in [1.165, 1.54) is 0 Å². The molecule has 2 aromatic carbocycles. The minimum Gasteiger partial charge on any atom is -0.490 e. The highest BCUT2D eigenvalue weighted by Crippen LogP contribution is 2.33. The molecule has 31 heavy (non-hydrogen) atoms. The second-order valence-corrected chi connectivity index (χ2v) is 6.75. The van der Waals surface area contributed by atoms with Crippen LogP contribution in [0.2, 0.25) is 0 Å². The summed E-state index contributed by atoms with van der Waals surface area (Å²) in [5.74, 6) is 7.60. The molecule has 0 aliphatic carbocycles. The maximum Gasteiger partial charge on any atom is 0.258 e. The maximum atomic E-state index is 9.21.